The first-order chi connectivity index (χ1) is 16.0. The molecule has 0 unspecified atom stereocenters. The zero-order valence-electron chi connectivity index (χ0n) is 18.4. The van der Waals surface area contributed by atoms with Gasteiger partial charge in [0.2, 0.25) is 5.75 Å². The van der Waals surface area contributed by atoms with Crippen molar-refractivity contribution in [2.24, 2.45) is 0 Å². The Morgan fingerprint density at radius 1 is 1.06 bits per heavy atom. The first kappa shape index (κ1) is 24.9. The maximum absolute atomic E-state index is 12.3. The van der Waals surface area contributed by atoms with Crippen LogP contribution in [0, 0.1) is 0 Å². The number of aromatic nitrogens is 1. The molecule has 0 saturated carbocycles. The van der Waals surface area contributed by atoms with Crippen LogP contribution in [0.4, 0.5) is 11.4 Å². The van der Waals surface area contributed by atoms with Gasteiger partial charge in [-0.25, -0.2) is 4.79 Å². The van der Waals surface area contributed by atoms with Crippen molar-refractivity contribution in [2.45, 2.75) is 44.9 Å². The van der Waals surface area contributed by atoms with Gasteiger partial charge >= 0.3 is 5.63 Å². The number of ether oxygens (including phenoxy) is 2. The normalized spacial score (nSPS) is 10.9. The molecule has 2 aromatic heterocycles. The number of anilines is 2. The van der Waals surface area contributed by atoms with Gasteiger partial charge in [0.15, 0.2) is 11.3 Å². The summed E-state index contributed by atoms with van der Waals surface area (Å²) in [6.07, 6.45) is 10.5. The number of aldehydes is 1. The maximum Gasteiger partial charge on any atom is 0.338 e. The van der Waals surface area contributed by atoms with Gasteiger partial charge in [-0.3, -0.25) is 4.98 Å². The van der Waals surface area contributed by atoms with Crippen LogP contribution in [0.3, 0.4) is 0 Å². The van der Waals surface area contributed by atoms with Crippen LogP contribution in [-0.4, -0.2) is 25.0 Å². The second kappa shape index (κ2) is 12.5. The van der Waals surface area contributed by atoms with E-state index in [9.17, 15) is 9.59 Å². The lowest BCUT2D eigenvalue weighted by Gasteiger charge is -2.15. The lowest BCUT2D eigenvalue weighted by molar-refractivity contribution is -0.107. The highest BCUT2D eigenvalue weighted by molar-refractivity contribution is 6.39. The number of carbonyl (C=O) groups excluding carboxylic acids is 1. The lowest BCUT2D eigenvalue weighted by Crippen LogP contribution is -2.05. The summed E-state index contributed by atoms with van der Waals surface area (Å²) >= 11 is 12.4. The number of nitrogens with zero attached hydrogens (tertiary/aromatic N) is 1. The molecule has 3 aromatic rings. The number of fused-ring (bicyclic) bond motifs is 1. The SMILES string of the molecule is COc1ccc2c(Nc3c(Cl)cncc3Cl)cc(=O)oc2c1OCCCCCCCCC=O. The van der Waals surface area contributed by atoms with E-state index in [2.05, 4.69) is 10.3 Å². The molecule has 0 amide bonds. The van der Waals surface area contributed by atoms with Gasteiger partial charge in [0.25, 0.3) is 0 Å². The first-order valence-electron chi connectivity index (χ1n) is 10.8. The Balaban J connectivity index is 1.77. The van der Waals surface area contributed by atoms with Crippen LogP contribution in [0.15, 0.2) is 39.8 Å². The number of rotatable bonds is 13. The molecule has 9 heteroatoms. The van der Waals surface area contributed by atoms with E-state index in [-0.39, 0.29) is 5.58 Å². The summed E-state index contributed by atoms with van der Waals surface area (Å²) < 4.78 is 16.9. The highest BCUT2D eigenvalue weighted by atomic mass is 35.5. The van der Waals surface area contributed by atoms with Crippen LogP contribution in [0.25, 0.3) is 11.0 Å². The molecule has 0 aliphatic rings. The van der Waals surface area contributed by atoms with E-state index in [0.29, 0.717) is 51.3 Å². The fourth-order valence-corrected chi connectivity index (χ4v) is 3.92. The van der Waals surface area contributed by atoms with Crippen LogP contribution in [0.5, 0.6) is 11.5 Å². The molecular formula is C24H26Cl2N2O5. The number of hydrogen-bond acceptors (Lipinski definition) is 7. The number of benzene rings is 1. The average Bonchev–Trinajstić information content (AvgIpc) is 2.80. The number of pyridine rings is 1. The van der Waals surface area contributed by atoms with Crippen molar-refractivity contribution in [1.82, 2.24) is 4.98 Å². The van der Waals surface area contributed by atoms with Gasteiger partial charge < -0.3 is 24.0 Å². The van der Waals surface area contributed by atoms with Crippen LogP contribution < -0.4 is 20.4 Å². The van der Waals surface area contributed by atoms with E-state index >= 15 is 0 Å². The standard InChI is InChI=1S/C24H26Cl2N2O5/c1-31-20-10-9-16-19(28-22-17(25)14-27-15-18(22)26)13-21(30)33-23(16)24(20)32-12-8-6-4-2-3-5-7-11-29/h9-11,13-15H,2-8,12H2,1H3,(H,27,28). The summed E-state index contributed by atoms with van der Waals surface area (Å²) in [5, 5.41) is 4.37. The number of nitrogens with one attached hydrogen (secondary N) is 1. The van der Waals surface area contributed by atoms with E-state index in [1.54, 1.807) is 12.1 Å². The Hall–Kier alpha value is -2.77. The van der Waals surface area contributed by atoms with Gasteiger partial charge in [-0.2, -0.15) is 0 Å². The van der Waals surface area contributed by atoms with E-state index in [1.807, 2.05) is 0 Å². The van der Waals surface area contributed by atoms with Crippen LogP contribution in [0.2, 0.25) is 10.0 Å². The molecule has 0 fully saturated rings. The van der Waals surface area contributed by atoms with Gasteiger partial charge in [0, 0.05) is 30.3 Å². The van der Waals surface area contributed by atoms with Crippen molar-refractivity contribution in [3.8, 4) is 11.5 Å². The van der Waals surface area contributed by atoms with Crippen molar-refractivity contribution in [3.63, 3.8) is 0 Å². The maximum atomic E-state index is 12.3. The van der Waals surface area contributed by atoms with Crippen molar-refractivity contribution < 1.29 is 18.7 Å². The van der Waals surface area contributed by atoms with Gasteiger partial charge in [-0.05, 0) is 25.0 Å². The highest BCUT2D eigenvalue weighted by Gasteiger charge is 2.17. The van der Waals surface area contributed by atoms with Gasteiger partial charge in [-0.1, -0.05) is 48.9 Å². The molecule has 2 heterocycles. The fourth-order valence-electron chi connectivity index (χ4n) is 3.46. The van der Waals surface area contributed by atoms with Crippen molar-refractivity contribution >= 4 is 51.8 Å². The van der Waals surface area contributed by atoms with Crippen LogP contribution in [0.1, 0.15) is 44.9 Å². The number of halogens is 2. The topological polar surface area (TPSA) is 90.7 Å². The summed E-state index contributed by atoms with van der Waals surface area (Å²) in [5.74, 6) is 0.838. The predicted octanol–water partition coefficient (Wildman–Crippen LogP) is 6.56. The molecule has 3 rings (SSSR count). The van der Waals surface area contributed by atoms with E-state index in [4.69, 9.17) is 37.1 Å². The molecule has 176 valence electrons. The monoisotopic (exact) mass is 492 g/mol. The summed E-state index contributed by atoms with van der Waals surface area (Å²) in [4.78, 5) is 26.6. The minimum atomic E-state index is -0.556. The van der Waals surface area contributed by atoms with Crippen LogP contribution >= 0.6 is 23.2 Å². The fraction of sp³-hybridized carbons (Fsp3) is 0.375. The second-order valence-electron chi connectivity index (χ2n) is 7.48. The summed E-state index contributed by atoms with van der Waals surface area (Å²) in [5.41, 5.74) is 0.630. The van der Waals surface area contributed by atoms with Crippen molar-refractivity contribution in [3.05, 3.63) is 51.1 Å². The molecule has 0 spiro atoms. The minimum Gasteiger partial charge on any atom is -0.493 e. The van der Waals surface area contributed by atoms with E-state index < -0.39 is 5.63 Å². The Kier molecular flexibility index (Phi) is 9.39. The Bertz CT molecular complexity index is 1130. The number of methoxy groups -OCH3 is 1. The second-order valence-corrected chi connectivity index (χ2v) is 8.30. The van der Waals surface area contributed by atoms with Gasteiger partial charge in [0.1, 0.15) is 6.29 Å². The third kappa shape index (κ3) is 6.62. The van der Waals surface area contributed by atoms with Crippen molar-refractivity contribution in [2.75, 3.05) is 19.0 Å². The lowest BCUT2D eigenvalue weighted by atomic mass is 10.1. The summed E-state index contributed by atoms with van der Waals surface area (Å²) in [6.45, 7) is 0.452. The Labute approximate surface area is 202 Å². The summed E-state index contributed by atoms with van der Waals surface area (Å²) in [7, 11) is 1.53. The van der Waals surface area contributed by atoms with Gasteiger partial charge in [0.05, 0.1) is 35.1 Å². The molecule has 0 aliphatic carbocycles. The Morgan fingerprint density at radius 2 is 1.76 bits per heavy atom. The molecule has 1 aromatic carbocycles. The zero-order chi connectivity index (χ0) is 23.6. The van der Waals surface area contributed by atoms with Gasteiger partial charge in [-0.15, -0.1) is 0 Å². The predicted molar refractivity (Wildman–Crippen MR) is 130 cm³/mol. The Morgan fingerprint density at radius 3 is 2.45 bits per heavy atom. The molecule has 0 bridgehead atoms. The van der Waals surface area contributed by atoms with Crippen LogP contribution in [-0.2, 0) is 4.79 Å². The molecular weight excluding hydrogens is 467 g/mol. The first-order valence-corrected chi connectivity index (χ1v) is 11.6. The average molecular weight is 493 g/mol. The van der Waals surface area contributed by atoms with E-state index in [0.717, 1.165) is 44.8 Å². The third-order valence-corrected chi connectivity index (χ3v) is 5.70. The number of hydrogen-bond donors (Lipinski definition) is 1. The highest BCUT2D eigenvalue weighted by Crippen LogP contribution is 2.40. The molecule has 7 nitrogen and oxygen atoms in total. The minimum absolute atomic E-state index is 0.277. The largest absolute Gasteiger partial charge is 0.493 e. The zero-order valence-corrected chi connectivity index (χ0v) is 19.9. The molecule has 0 aliphatic heterocycles. The number of carbonyl (C=O) groups is 1. The number of unbranched alkanes of at least 4 members (excludes halogenated alkanes) is 6. The van der Waals surface area contributed by atoms with E-state index in [1.165, 1.54) is 25.6 Å². The molecule has 33 heavy (non-hydrogen) atoms. The molecule has 0 radical (unpaired) electrons. The molecule has 0 atom stereocenters. The third-order valence-electron chi connectivity index (χ3n) is 5.13. The quantitative estimate of drug-likeness (QED) is 0.164. The molecule has 0 saturated heterocycles. The smallest absolute Gasteiger partial charge is 0.338 e. The van der Waals surface area contributed by atoms with Crippen molar-refractivity contribution in [1.29, 1.82) is 0 Å². The molecule has 1 N–H and O–H groups in total. The summed E-state index contributed by atoms with van der Waals surface area (Å²) in [6, 6.07) is 4.86.